The number of aliphatic hydroxyl groups excluding tert-OH is 2. The number of nitrogens with two attached hydrogens (primary N) is 2. The molecule has 0 saturated heterocycles. The van der Waals surface area contributed by atoms with Gasteiger partial charge in [0.2, 0.25) is 0 Å². The monoisotopic (exact) mass is 482 g/mol. The van der Waals surface area contributed by atoms with Gasteiger partial charge in [-0.3, -0.25) is 9.11 Å². The Hall–Kier alpha value is -1.27. The Labute approximate surface area is 194 Å². The van der Waals surface area contributed by atoms with Gasteiger partial charge in [0.1, 0.15) is 5.75 Å². The van der Waals surface area contributed by atoms with Crippen molar-refractivity contribution in [1.82, 2.24) is 0 Å². The van der Waals surface area contributed by atoms with Crippen molar-refractivity contribution in [3.8, 4) is 5.75 Å². The van der Waals surface area contributed by atoms with Crippen LogP contribution in [0.3, 0.4) is 0 Å². The molecule has 9 N–H and O–H groups in total. The van der Waals surface area contributed by atoms with E-state index in [4.69, 9.17) is 39.2 Å². The second-order valence-electron chi connectivity index (χ2n) is 10.1. The van der Waals surface area contributed by atoms with Crippen LogP contribution in [0.2, 0.25) is 0 Å². The molecule has 0 unspecified atom stereocenters. The van der Waals surface area contributed by atoms with E-state index in [2.05, 4.69) is 68.4 Å². The van der Waals surface area contributed by atoms with E-state index in [-0.39, 0.29) is 29.5 Å². The second-order valence-corrected chi connectivity index (χ2v) is 11.0. The Morgan fingerprint density at radius 2 is 1.00 bits per heavy atom. The van der Waals surface area contributed by atoms with Crippen LogP contribution in [0.25, 0.3) is 0 Å². The summed E-state index contributed by atoms with van der Waals surface area (Å²) in [5.41, 5.74) is 13.3. The minimum absolute atomic E-state index is 0.0178. The quantitative estimate of drug-likeness (QED) is 0.311. The van der Waals surface area contributed by atoms with Crippen LogP contribution in [-0.4, -0.2) is 59.1 Å². The highest BCUT2D eigenvalue weighted by Gasteiger charge is 2.33. The molecule has 0 aliphatic heterocycles. The van der Waals surface area contributed by atoms with E-state index in [1.807, 2.05) is 6.07 Å². The highest BCUT2D eigenvalue weighted by Crippen LogP contribution is 2.44. The number of hydrogen-bond acceptors (Lipinski definition) is 7. The van der Waals surface area contributed by atoms with E-state index >= 15 is 0 Å². The molecule has 1 aromatic rings. The van der Waals surface area contributed by atoms with Gasteiger partial charge in [-0.1, -0.05) is 68.4 Å². The number of aromatic hydroxyl groups is 1. The summed E-state index contributed by atoms with van der Waals surface area (Å²) in [6.45, 7) is 20.9. The van der Waals surface area contributed by atoms with Gasteiger partial charge >= 0.3 is 10.4 Å². The van der Waals surface area contributed by atoms with Crippen molar-refractivity contribution in [2.24, 2.45) is 11.5 Å². The standard InChI is InChI=1S/C18H30O.2C2H7NO.H2O4S/c1-16(2,3)12-10-11-13(19)15(18(7,8)9)14(12)17(4,5)6;2*3-1-2-4;1-5(2,3)4/h10-11,19H,1-9H3;2*4H,1-3H2;(H2,1,2,3,4). The molecule has 1 aromatic carbocycles. The number of hydrogen-bond donors (Lipinski definition) is 7. The summed E-state index contributed by atoms with van der Waals surface area (Å²) in [4.78, 5) is 0. The maximum Gasteiger partial charge on any atom is 0.394 e. The Morgan fingerprint density at radius 3 is 1.19 bits per heavy atom. The Kier molecular flexibility index (Phi) is 16.3. The van der Waals surface area contributed by atoms with Gasteiger partial charge in [-0.05, 0) is 33.4 Å². The number of benzene rings is 1. The summed E-state index contributed by atoms with van der Waals surface area (Å²) in [5.74, 6) is 0.422. The zero-order valence-electron chi connectivity index (χ0n) is 21.1. The fourth-order valence-corrected chi connectivity index (χ4v) is 2.75. The lowest BCUT2D eigenvalue weighted by Crippen LogP contribution is -2.28. The molecule has 0 aliphatic carbocycles. The van der Waals surface area contributed by atoms with Gasteiger partial charge in [-0.2, -0.15) is 8.42 Å². The first-order valence-corrected chi connectivity index (χ1v) is 11.7. The molecule has 10 heteroatoms. The first-order valence-electron chi connectivity index (χ1n) is 10.3. The van der Waals surface area contributed by atoms with Gasteiger partial charge in [0.05, 0.1) is 13.2 Å². The van der Waals surface area contributed by atoms with Crippen molar-refractivity contribution in [1.29, 1.82) is 0 Å². The molecule has 0 atom stereocenters. The van der Waals surface area contributed by atoms with Crippen LogP contribution >= 0.6 is 0 Å². The number of phenolic OH excluding ortho intramolecular Hbond substituents is 1. The van der Waals surface area contributed by atoms with E-state index < -0.39 is 10.4 Å². The largest absolute Gasteiger partial charge is 0.508 e. The van der Waals surface area contributed by atoms with Crippen LogP contribution in [0.4, 0.5) is 0 Å². The van der Waals surface area contributed by atoms with Crippen LogP contribution in [0, 0.1) is 0 Å². The average molecular weight is 483 g/mol. The van der Waals surface area contributed by atoms with Crippen molar-refractivity contribution in [3.63, 3.8) is 0 Å². The third-order valence-corrected chi connectivity index (χ3v) is 3.75. The fourth-order valence-electron chi connectivity index (χ4n) is 2.75. The second kappa shape index (κ2) is 14.8. The average Bonchev–Trinajstić information content (AvgIpc) is 2.57. The Bertz CT molecular complexity index is 729. The molecule has 0 fully saturated rings. The summed E-state index contributed by atoms with van der Waals surface area (Å²) >= 11 is 0. The zero-order valence-corrected chi connectivity index (χ0v) is 21.9. The van der Waals surface area contributed by atoms with Crippen LogP contribution in [0.5, 0.6) is 5.75 Å². The molecule has 1 rings (SSSR count). The molecular weight excluding hydrogens is 436 g/mol. The van der Waals surface area contributed by atoms with Crippen LogP contribution in [0.1, 0.15) is 79.0 Å². The summed E-state index contributed by atoms with van der Waals surface area (Å²) in [6, 6.07) is 3.95. The van der Waals surface area contributed by atoms with Gasteiger partial charge in [0.25, 0.3) is 0 Å². The molecule has 192 valence electrons. The van der Waals surface area contributed by atoms with Gasteiger partial charge in [0, 0.05) is 18.7 Å². The first kappa shape index (κ1) is 35.3. The molecule has 0 spiro atoms. The summed E-state index contributed by atoms with van der Waals surface area (Å²) in [7, 11) is -4.67. The van der Waals surface area contributed by atoms with Crippen molar-refractivity contribution < 1.29 is 32.8 Å². The Morgan fingerprint density at radius 1 is 0.719 bits per heavy atom. The molecule has 9 nitrogen and oxygen atoms in total. The van der Waals surface area contributed by atoms with Gasteiger partial charge in [0.15, 0.2) is 0 Å². The van der Waals surface area contributed by atoms with Crippen molar-refractivity contribution >= 4 is 10.4 Å². The van der Waals surface area contributed by atoms with E-state index in [9.17, 15) is 5.11 Å². The molecule has 0 amide bonds. The molecule has 0 aliphatic rings. The normalized spacial score (nSPS) is 11.8. The third kappa shape index (κ3) is 17.3. The first-order chi connectivity index (χ1) is 14.1. The SMILES string of the molecule is CC(C)(C)c1ccc(O)c(C(C)(C)C)c1C(C)(C)C.NCCO.NCCO.O=S(=O)(O)O. The van der Waals surface area contributed by atoms with Crippen molar-refractivity contribution in [3.05, 3.63) is 28.8 Å². The van der Waals surface area contributed by atoms with Gasteiger partial charge < -0.3 is 26.8 Å². The minimum Gasteiger partial charge on any atom is -0.508 e. The maximum absolute atomic E-state index is 10.4. The lowest BCUT2D eigenvalue weighted by molar-refractivity contribution is 0.306. The van der Waals surface area contributed by atoms with Crippen molar-refractivity contribution in [2.75, 3.05) is 26.3 Å². The lowest BCUT2D eigenvalue weighted by Gasteiger charge is -2.36. The highest BCUT2D eigenvalue weighted by molar-refractivity contribution is 7.79. The highest BCUT2D eigenvalue weighted by atomic mass is 32.3. The molecule has 0 heterocycles. The summed E-state index contributed by atoms with van der Waals surface area (Å²) in [5, 5.41) is 25.9. The predicted molar refractivity (Wildman–Crippen MR) is 131 cm³/mol. The Balaban J connectivity index is -0.000000529. The topological polar surface area (TPSA) is 187 Å². The van der Waals surface area contributed by atoms with Crippen LogP contribution in [0.15, 0.2) is 12.1 Å². The van der Waals surface area contributed by atoms with Gasteiger partial charge in [-0.15, -0.1) is 0 Å². The lowest BCUT2D eigenvalue weighted by atomic mass is 9.68. The molecule has 0 bridgehead atoms. The third-order valence-electron chi connectivity index (χ3n) is 3.75. The van der Waals surface area contributed by atoms with E-state index in [1.54, 1.807) is 0 Å². The summed E-state index contributed by atoms with van der Waals surface area (Å²) in [6.07, 6.45) is 0. The fraction of sp³-hybridized carbons (Fsp3) is 0.727. The van der Waals surface area contributed by atoms with Crippen molar-refractivity contribution in [2.45, 2.75) is 78.6 Å². The molecular formula is C22H46N2O7S. The van der Waals surface area contributed by atoms with E-state index in [0.29, 0.717) is 18.8 Å². The molecule has 0 saturated carbocycles. The number of rotatable bonds is 2. The molecule has 0 aromatic heterocycles. The number of phenols is 1. The van der Waals surface area contributed by atoms with Crippen LogP contribution in [-0.2, 0) is 26.6 Å². The van der Waals surface area contributed by atoms with Gasteiger partial charge in [-0.25, -0.2) is 0 Å². The summed E-state index contributed by atoms with van der Waals surface area (Å²) < 4.78 is 31.6. The van der Waals surface area contributed by atoms with E-state index in [1.165, 1.54) is 11.1 Å². The minimum atomic E-state index is -4.67. The molecule has 0 radical (unpaired) electrons. The maximum atomic E-state index is 10.4. The van der Waals surface area contributed by atoms with E-state index in [0.717, 1.165) is 5.56 Å². The smallest absolute Gasteiger partial charge is 0.394 e. The van der Waals surface area contributed by atoms with Crippen LogP contribution < -0.4 is 11.5 Å². The zero-order chi connectivity index (χ0) is 26.6. The predicted octanol–water partition coefficient (Wildman–Crippen LogP) is 2.51. The number of aliphatic hydroxyl groups is 2. The molecule has 32 heavy (non-hydrogen) atoms.